The number of benzene rings is 1. The lowest BCUT2D eigenvalue weighted by Crippen LogP contribution is -2.21. The first-order valence-electron chi connectivity index (χ1n) is 3.60. The molecule has 0 saturated heterocycles. The molecule has 0 aromatic heterocycles. The summed E-state index contributed by atoms with van der Waals surface area (Å²) in [6.45, 7) is 0. The maximum absolute atomic E-state index is 10.2. The van der Waals surface area contributed by atoms with Crippen LogP contribution in [0.15, 0.2) is 18.2 Å². The summed E-state index contributed by atoms with van der Waals surface area (Å²) in [5.74, 6) is 0. The molecule has 1 aromatic rings. The Bertz CT molecular complexity index is 356. The van der Waals surface area contributed by atoms with Gasteiger partial charge in [0.05, 0.1) is 15.7 Å². The maximum Gasteiger partial charge on any atom is 0.530 e. The minimum atomic E-state index is -1.39. The highest BCUT2D eigenvalue weighted by Crippen LogP contribution is 2.26. The molecule has 1 N–H and O–H groups in total. The van der Waals surface area contributed by atoms with E-state index in [1.165, 1.54) is 13.1 Å². The number of anilines is 1. The van der Waals surface area contributed by atoms with Gasteiger partial charge in [0.2, 0.25) is 0 Å². The van der Waals surface area contributed by atoms with Gasteiger partial charge in [-0.05, 0) is 18.2 Å². The molecular formula is C8H7Cl2NO3. The van der Waals surface area contributed by atoms with Crippen molar-refractivity contribution in [3.63, 3.8) is 0 Å². The van der Waals surface area contributed by atoms with Gasteiger partial charge in [-0.1, -0.05) is 23.2 Å². The summed E-state index contributed by atoms with van der Waals surface area (Å²) in [6.07, 6.45) is -1.39. The SMILES string of the molecule is CN(OC(=O)O)c1ccc(Cl)c(Cl)c1. The molecular weight excluding hydrogens is 229 g/mol. The first kappa shape index (κ1) is 10.9. The fourth-order valence-corrected chi connectivity index (χ4v) is 1.14. The zero-order chi connectivity index (χ0) is 10.7. The third kappa shape index (κ3) is 2.68. The number of hydrogen-bond donors (Lipinski definition) is 1. The Morgan fingerprint density at radius 1 is 1.43 bits per heavy atom. The highest BCUT2D eigenvalue weighted by molar-refractivity contribution is 6.42. The van der Waals surface area contributed by atoms with Crippen LogP contribution in [0, 0.1) is 0 Å². The van der Waals surface area contributed by atoms with Gasteiger partial charge in [-0.25, -0.2) is 9.86 Å². The van der Waals surface area contributed by atoms with Crippen molar-refractivity contribution in [2.45, 2.75) is 0 Å². The maximum atomic E-state index is 10.2. The predicted molar refractivity (Wildman–Crippen MR) is 54.0 cm³/mol. The van der Waals surface area contributed by atoms with Gasteiger partial charge >= 0.3 is 6.16 Å². The molecule has 0 atom stereocenters. The highest BCUT2D eigenvalue weighted by atomic mass is 35.5. The van der Waals surface area contributed by atoms with Crippen molar-refractivity contribution in [1.82, 2.24) is 0 Å². The summed E-state index contributed by atoms with van der Waals surface area (Å²) >= 11 is 11.4. The molecule has 1 rings (SSSR count). The van der Waals surface area contributed by atoms with E-state index in [0.717, 1.165) is 5.06 Å². The van der Waals surface area contributed by atoms with Crippen LogP contribution in [-0.2, 0) is 4.84 Å². The Morgan fingerprint density at radius 2 is 2.07 bits per heavy atom. The van der Waals surface area contributed by atoms with Crippen molar-refractivity contribution in [1.29, 1.82) is 0 Å². The Hall–Kier alpha value is -1.13. The normalized spacial score (nSPS) is 9.64. The number of hydrogen-bond acceptors (Lipinski definition) is 3. The monoisotopic (exact) mass is 235 g/mol. The Kier molecular flexibility index (Phi) is 3.43. The number of nitrogens with zero attached hydrogens (tertiary/aromatic N) is 1. The fraction of sp³-hybridized carbons (Fsp3) is 0.125. The third-order valence-corrected chi connectivity index (χ3v) is 2.22. The molecule has 14 heavy (non-hydrogen) atoms. The number of carbonyl (C=O) groups is 1. The van der Waals surface area contributed by atoms with Crippen molar-refractivity contribution in [3.8, 4) is 0 Å². The van der Waals surface area contributed by atoms with Crippen LogP contribution in [0.5, 0.6) is 0 Å². The molecule has 0 radical (unpaired) electrons. The number of rotatable bonds is 2. The van der Waals surface area contributed by atoms with Crippen molar-refractivity contribution in [2.75, 3.05) is 12.1 Å². The molecule has 1 aromatic carbocycles. The summed E-state index contributed by atoms with van der Waals surface area (Å²) in [5.41, 5.74) is 0.502. The van der Waals surface area contributed by atoms with E-state index in [9.17, 15) is 4.79 Å². The standard InChI is InChI=1S/C8H7Cl2NO3/c1-11(14-8(12)13)5-2-3-6(9)7(10)4-5/h2-4H,1H3,(H,12,13). The van der Waals surface area contributed by atoms with Gasteiger partial charge in [-0.2, -0.15) is 0 Å². The smallest absolute Gasteiger partial charge is 0.448 e. The Morgan fingerprint density at radius 3 is 2.57 bits per heavy atom. The van der Waals surface area contributed by atoms with Crippen LogP contribution in [0.1, 0.15) is 0 Å². The van der Waals surface area contributed by atoms with Crippen molar-refractivity contribution in [2.24, 2.45) is 0 Å². The molecule has 76 valence electrons. The van der Waals surface area contributed by atoms with Crippen molar-refractivity contribution in [3.05, 3.63) is 28.2 Å². The van der Waals surface area contributed by atoms with Gasteiger partial charge in [0.25, 0.3) is 0 Å². The summed E-state index contributed by atoms with van der Waals surface area (Å²) in [4.78, 5) is 14.6. The van der Waals surface area contributed by atoms with E-state index >= 15 is 0 Å². The lowest BCUT2D eigenvalue weighted by Gasteiger charge is -2.15. The molecule has 0 aliphatic carbocycles. The first-order chi connectivity index (χ1) is 6.50. The molecule has 0 unspecified atom stereocenters. The lowest BCUT2D eigenvalue weighted by atomic mass is 10.3. The first-order valence-corrected chi connectivity index (χ1v) is 4.36. The van der Waals surface area contributed by atoms with Crippen LogP contribution in [0.3, 0.4) is 0 Å². The summed E-state index contributed by atoms with van der Waals surface area (Å²) in [5, 5.41) is 10.2. The second-order valence-electron chi connectivity index (χ2n) is 2.45. The van der Waals surface area contributed by atoms with E-state index in [4.69, 9.17) is 28.3 Å². The number of halogens is 2. The van der Waals surface area contributed by atoms with Crippen LogP contribution in [-0.4, -0.2) is 18.3 Å². The van der Waals surface area contributed by atoms with E-state index in [2.05, 4.69) is 4.84 Å². The Labute approximate surface area is 90.6 Å². The highest BCUT2D eigenvalue weighted by Gasteiger charge is 2.07. The van der Waals surface area contributed by atoms with E-state index in [0.29, 0.717) is 15.7 Å². The minimum Gasteiger partial charge on any atom is -0.448 e. The van der Waals surface area contributed by atoms with E-state index in [-0.39, 0.29) is 0 Å². The predicted octanol–water partition coefficient (Wildman–Crippen LogP) is 3.04. The number of hydroxylamine groups is 1. The molecule has 0 amide bonds. The lowest BCUT2D eigenvalue weighted by molar-refractivity contribution is 0.0862. The van der Waals surface area contributed by atoms with Crippen LogP contribution in [0.2, 0.25) is 10.0 Å². The molecule has 4 nitrogen and oxygen atoms in total. The zero-order valence-electron chi connectivity index (χ0n) is 7.20. The minimum absolute atomic E-state index is 0.338. The van der Waals surface area contributed by atoms with Crippen LogP contribution in [0.4, 0.5) is 10.5 Å². The summed E-state index contributed by atoms with van der Waals surface area (Å²) < 4.78 is 0. The molecule has 0 fully saturated rings. The molecule has 6 heteroatoms. The Balaban J connectivity index is 2.85. The van der Waals surface area contributed by atoms with Gasteiger partial charge in [0.1, 0.15) is 0 Å². The average Bonchev–Trinajstić information content (AvgIpc) is 2.08. The van der Waals surface area contributed by atoms with Crippen molar-refractivity contribution >= 4 is 35.0 Å². The van der Waals surface area contributed by atoms with Gasteiger partial charge in [0, 0.05) is 7.05 Å². The molecule has 0 aliphatic rings. The molecule has 0 spiro atoms. The molecule has 0 heterocycles. The zero-order valence-corrected chi connectivity index (χ0v) is 8.71. The third-order valence-electron chi connectivity index (χ3n) is 1.48. The van der Waals surface area contributed by atoms with Crippen molar-refractivity contribution < 1.29 is 14.7 Å². The molecule has 0 saturated carbocycles. The van der Waals surface area contributed by atoms with Gasteiger partial charge in [-0.15, -0.1) is 0 Å². The van der Waals surface area contributed by atoms with Gasteiger partial charge < -0.3 is 9.94 Å². The van der Waals surface area contributed by atoms with Crippen LogP contribution < -0.4 is 5.06 Å². The topological polar surface area (TPSA) is 49.8 Å². The van der Waals surface area contributed by atoms with Gasteiger partial charge in [0.15, 0.2) is 0 Å². The van der Waals surface area contributed by atoms with Crippen LogP contribution in [0.25, 0.3) is 0 Å². The molecule has 0 bridgehead atoms. The van der Waals surface area contributed by atoms with E-state index in [1.807, 2.05) is 0 Å². The fourth-order valence-electron chi connectivity index (χ4n) is 0.851. The largest absolute Gasteiger partial charge is 0.530 e. The number of carboxylic acid groups (broad SMARTS) is 1. The second kappa shape index (κ2) is 4.39. The average molecular weight is 236 g/mol. The van der Waals surface area contributed by atoms with Crippen LogP contribution >= 0.6 is 23.2 Å². The summed E-state index contributed by atoms with van der Waals surface area (Å²) in [7, 11) is 1.45. The quantitative estimate of drug-likeness (QED) is 0.801. The summed E-state index contributed by atoms with van der Waals surface area (Å²) in [6, 6.07) is 4.66. The molecule has 0 aliphatic heterocycles. The second-order valence-corrected chi connectivity index (χ2v) is 3.27. The van der Waals surface area contributed by atoms with E-state index in [1.54, 1.807) is 12.1 Å². The van der Waals surface area contributed by atoms with Gasteiger partial charge in [-0.3, -0.25) is 0 Å². The van der Waals surface area contributed by atoms with E-state index < -0.39 is 6.16 Å².